The van der Waals surface area contributed by atoms with Gasteiger partial charge in [0.25, 0.3) is 0 Å². The van der Waals surface area contributed by atoms with Crippen LogP contribution in [0.2, 0.25) is 0 Å². The molecule has 6 nitrogen and oxygen atoms in total. The van der Waals surface area contributed by atoms with Gasteiger partial charge in [-0.15, -0.1) is 0 Å². The fourth-order valence-electron chi connectivity index (χ4n) is 9.61. The molecule has 0 rings (SSSR count). The fourth-order valence-corrected chi connectivity index (χ4v) is 9.61. The molecule has 0 aromatic carbocycles. The van der Waals surface area contributed by atoms with Crippen molar-refractivity contribution in [1.82, 2.24) is 0 Å². The molecule has 436 valence electrons. The van der Waals surface area contributed by atoms with Gasteiger partial charge in [-0.1, -0.05) is 300 Å². The average molecular weight is 1050 g/mol. The molecule has 1 atom stereocenters. The van der Waals surface area contributed by atoms with Crippen molar-refractivity contribution in [1.29, 1.82) is 0 Å². The number of esters is 3. The van der Waals surface area contributed by atoms with Gasteiger partial charge in [0.15, 0.2) is 6.10 Å². The molecule has 0 aliphatic heterocycles. The van der Waals surface area contributed by atoms with E-state index in [9.17, 15) is 14.4 Å². The molecular weight excluding hydrogens is 925 g/mol. The largest absolute Gasteiger partial charge is 0.462 e. The second-order valence-corrected chi connectivity index (χ2v) is 22.0. The van der Waals surface area contributed by atoms with Gasteiger partial charge in [0.1, 0.15) is 13.2 Å². The monoisotopic (exact) mass is 1050 g/mol. The number of unbranched alkanes of at least 4 members (excludes halogenated alkanes) is 39. The molecule has 1 unspecified atom stereocenters. The molecule has 0 fully saturated rings. The summed E-state index contributed by atoms with van der Waals surface area (Å²) in [7, 11) is 0. The minimum absolute atomic E-state index is 0.0712. The first kappa shape index (κ1) is 72.1. The minimum Gasteiger partial charge on any atom is -0.462 e. The Bertz CT molecular complexity index is 1340. The smallest absolute Gasteiger partial charge is 0.306 e. The summed E-state index contributed by atoms with van der Waals surface area (Å²) in [5.74, 6) is -0.860. The molecule has 0 aliphatic rings. The number of hydrogen-bond donors (Lipinski definition) is 0. The van der Waals surface area contributed by atoms with Crippen LogP contribution >= 0.6 is 0 Å². The Morgan fingerprint density at radius 2 is 0.520 bits per heavy atom. The Morgan fingerprint density at radius 1 is 0.280 bits per heavy atom. The molecule has 75 heavy (non-hydrogen) atoms. The van der Waals surface area contributed by atoms with E-state index in [2.05, 4.69) is 81.5 Å². The van der Waals surface area contributed by atoms with E-state index in [1.807, 2.05) is 0 Å². The average Bonchev–Trinajstić information content (AvgIpc) is 3.41. The number of ether oxygens (including phenoxy) is 3. The highest BCUT2D eigenvalue weighted by molar-refractivity contribution is 5.71. The first-order valence-corrected chi connectivity index (χ1v) is 32.8. The van der Waals surface area contributed by atoms with E-state index in [1.165, 1.54) is 212 Å². The maximum Gasteiger partial charge on any atom is 0.306 e. The summed E-state index contributed by atoms with van der Waals surface area (Å²) in [5.41, 5.74) is 0. The predicted octanol–water partition coefficient (Wildman–Crippen LogP) is 22.3. The fraction of sp³-hybridized carbons (Fsp3) is 0.812. The molecular formula is C69H124O6. The summed E-state index contributed by atoms with van der Waals surface area (Å²) in [6.45, 7) is 6.54. The molecule has 0 saturated carbocycles. The Balaban J connectivity index is 4.11. The van der Waals surface area contributed by atoms with Crippen LogP contribution < -0.4 is 0 Å². The van der Waals surface area contributed by atoms with Crippen LogP contribution in [0.15, 0.2) is 60.8 Å². The van der Waals surface area contributed by atoms with E-state index in [-0.39, 0.29) is 31.1 Å². The molecule has 0 aromatic rings. The van der Waals surface area contributed by atoms with Crippen LogP contribution in [-0.2, 0) is 28.6 Å². The lowest BCUT2D eigenvalue weighted by Crippen LogP contribution is -2.30. The number of hydrogen-bond acceptors (Lipinski definition) is 6. The van der Waals surface area contributed by atoms with Gasteiger partial charge in [0, 0.05) is 19.3 Å². The quantitative estimate of drug-likeness (QED) is 0.0261. The van der Waals surface area contributed by atoms with Crippen LogP contribution in [0.1, 0.15) is 342 Å². The zero-order chi connectivity index (χ0) is 54.3. The van der Waals surface area contributed by atoms with Crippen molar-refractivity contribution in [2.75, 3.05) is 13.2 Å². The van der Waals surface area contributed by atoms with Crippen LogP contribution in [0.4, 0.5) is 0 Å². The molecule has 0 saturated heterocycles. The summed E-state index contributed by atoms with van der Waals surface area (Å²) in [6, 6.07) is 0. The highest BCUT2D eigenvalue weighted by Crippen LogP contribution is 2.18. The van der Waals surface area contributed by atoms with Crippen molar-refractivity contribution in [2.24, 2.45) is 0 Å². The first-order valence-electron chi connectivity index (χ1n) is 32.8. The molecule has 0 spiro atoms. The molecule has 0 radical (unpaired) electrons. The van der Waals surface area contributed by atoms with Crippen LogP contribution in [0.5, 0.6) is 0 Å². The van der Waals surface area contributed by atoms with Crippen LogP contribution in [0, 0.1) is 0 Å². The second kappa shape index (κ2) is 63.6. The van der Waals surface area contributed by atoms with Crippen LogP contribution in [-0.4, -0.2) is 37.2 Å². The maximum absolute atomic E-state index is 12.9. The Hall–Kier alpha value is -2.89. The zero-order valence-electron chi connectivity index (χ0n) is 50.1. The SMILES string of the molecule is CC/C=C\C/C=C\C/C=C\C/C=C\CCCCCCCCCCCCCCCCCCCCC(=O)OCC(COC(=O)CCCCCCC/C=C\CCCCC)OC(=O)CCCCCCCCCCCCCCCC. The summed E-state index contributed by atoms with van der Waals surface area (Å²) in [4.78, 5) is 38.2. The normalized spacial score (nSPS) is 12.4. The molecule has 0 N–H and O–H groups in total. The van der Waals surface area contributed by atoms with Gasteiger partial charge in [-0.3, -0.25) is 14.4 Å². The van der Waals surface area contributed by atoms with E-state index in [0.29, 0.717) is 19.3 Å². The van der Waals surface area contributed by atoms with Crippen molar-refractivity contribution in [2.45, 2.75) is 348 Å². The maximum atomic E-state index is 12.9. The zero-order valence-corrected chi connectivity index (χ0v) is 50.1. The number of allylic oxidation sites excluding steroid dienone is 10. The molecule has 0 aromatic heterocycles. The Morgan fingerprint density at radius 3 is 0.853 bits per heavy atom. The standard InChI is InChI=1S/C69H124O6/c1-4-7-10-13-16-19-22-25-27-28-29-30-31-32-33-34-35-36-37-38-39-40-41-42-43-45-47-50-53-56-59-62-68(71)74-65-66(64-73-67(70)61-58-55-52-49-46-24-21-18-15-12-9-6-3)75-69(72)63-60-57-54-51-48-44-26-23-20-17-14-11-8-5-2/h7,10,16,18-19,21,25,27,29-30,66H,4-6,8-9,11-15,17,20,22-24,26,28,31-65H2,1-3H3/b10-7-,19-16-,21-18-,27-25-,30-29-. The van der Waals surface area contributed by atoms with Crippen LogP contribution in [0.3, 0.4) is 0 Å². The third-order valence-electron chi connectivity index (χ3n) is 14.5. The third-order valence-corrected chi connectivity index (χ3v) is 14.5. The minimum atomic E-state index is -0.773. The summed E-state index contributed by atoms with van der Waals surface area (Å²) >= 11 is 0. The highest BCUT2D eigenvalue weighted by atomic mass is 16.6. The van der Waals surface area contributed by atoms with Gasteiger partial charge in [-0.2, -0.15) is 0 Å². The van der Waals surface area contributed by atoms with Gasteiger partial charge < -0.3 is 14.2 Å². The number of rotatable bonds is 60. The van der Waals surface area contributed by atoms with Gasteiger partial charge in [-0.05, 0) is 83.5 Å². The third kappa shape index (κ3) is 61.8. The Kier molecular flexibility index (Phi) is 61.2. The van der Waals surface area contributed by atoms with Crippen molar-refractivity contribution in [3.8, 4) is 0 Å². The summed E-state index contributed by atoms with van der Waals surface area (Å²) in [6.07, 6.45) is 81.0. The van der Waals surface area contributed by atoms with E-state index in [1.54, 1.807) is 0 Å². The van der Waals surface area contributed by atoms with E-state index in [0.717, 1.165) is 89.9 Å². The van der Waals surface area contributed by atoms with E-state index >= 15 is 0 Å². The summed E-state index contributed by atoms with van der Waals surface area (Å²) in [5, 5.41) is 0. The van der Waals surface area contributed by atoms with Gasteiger partial charge >= 0.3 is 17.9 Å². The Labute approximate surface area is 466 Å². The van der Waals surface area contributed by atoms with Gasteiger partial charge in [-0.25, -0.2) is 0 Å². The lowest BCUT2D eigenvalue weighted by atomic mass is 10.0. The van der Waals surface area contributed by atoms with Crippen molar-refractivity contribution in [3.63, 3.8) is 0 Å². The molecule has 0 aliphatic carbocycles. The molecule has 0 amide bonds. The molecule has 0 bridgehead atoms. The first-order chi connectivity index (χ1) is 37.0. The predicted molar refractivity (Wildman–Crippen MR) is 325 cm³/mol. The lowest BCUT2D eigenvalue weighted by Gasteiger charge is -2.18. The topological polar surface area (TPSA) is 78.9 Å². The van der Waals surface area contributed by atoms with E-state index in [4.69, 9.17) is 14.2 Å². The summed E-state index contributed by atoms with van der Waals surface area (Å²) < 4.78 is 16.9. The highest BCUT2D eigenvalue weighted by Gasteiger charge is 2.19. The molecule has 6 heteroatoms. The van der Waals surface area contributed by atoms with Crippen LogP contribution in [0.25, 0.3) is 0 Å². The van der Waals surface area contributed by atoms with Crippen molar-refractivity contribution >= 4 is 17.9 Å². The molecule has 0 heterocycles. The lowest BCUT2D eigenvalue weighted by molar-refractivity contribution is -0.167. The number of carbonyl (C=O) groups excluding carboxylic acids is 3. The van der Waals surface area contributed by atoms with Gasteiger partial charge in [0.05, 0.1) is 0 Å². The second-order valence-electron chi connectivity index (χ2n) is 22.0. The van der Waals surface area contributed by atoms with Crippen molar-refractivity contribution in [3.05, 3.63) is 60.8 Å². The van der Waals surface area contributed by atoms with Crippen molar-refractivity contribution < 1.29 is 28.6 Å². The van der Waals surface area contributed by atoms with E-state index < -0.39 is 6.10 Å². The number of carbonyl (C=O) groups is 3. The van der Waals surface area contributed by atoms with Gasteiger partial charge in [0.2, 0.25) is 0 Å².